The fourth-order valence-corrected chi connectivity index (χ4v) is 3.08. The fourth-order valence-electron chi connectivity index (χ4n) is 2.19. The van der Waals surface area contributed by atoms with Gasteiger partial charge in [-0.15, -0.1) is 16.4 Å². The molecule has 0 radical (unpaired) electrons. The molecule has 3 rings (SSSR count). The number of fused-ring (bicyclic) bond motifs is 1. The minimum absolute atomic E-state index is 0.0833. The number of thiophene rings is 1. The highest BCUT2D eigenvalue weighted by Crippen LogP contribution is 2.24. The van der Waals surface area contributed by atoms with Crippen molar-refractivity contribution < 1.29 is 4.79 Å². The summed E-state index contributed by atoms with van der Waals surface area (Å²) in [5.41, 5.74) is 1.25. The Balaban J connectivity index is 1.77. The molecule has 1 aliphatic heterocycles. The Morgan fingerprint density at radius 2 is 2.37 bits per heavy atom. The zero-order valence-electron chi connectivity index (χ0n) is 11.0. The topological polar surface area (TPSA) is 61.9 Å². The van der Waals surface area contributed by atoms with E-state index in [9.17, 15) is 4.79 Å². The summed E-state index contributed by atoms with van der Waals surface area (Å²) >= 11 is 1.77. The number of rotatable bonds is 2. The SMILES string of the molecule is CC(C)c1nc(C(=O)N2CCc3sccc3C2)n[nH]1. The second-order valence-corrected chi connectivity index (χ2v) is 6.05. The van der Waals surface area contributed by atoms with E-state index in [1.54, 1.807) is 11.3 Å². The lowest BCUT2D eigenvalue weighted by atomic mass is 10.1. The van der Waals surface area contributed by atoms with Gasteiger partial charge < -0.3 is 4.90 Å². The van der Waals surface area contributed by atoms with Gasteiger partial charge in [-0.25, -0.2) is 4.98 Å². The van der Waals surface area contributed by atoms with Crippen LogP contribution in [-0.4, -0.2) is 32.5 Å². The molecule has 0 fully saturated rings. The number of hydrogen-bond acceptors (Lipinski definition) is 4. The van der Waals surface area contributed by atoms with Crippen molar-refractivity contribution in [3.63, 3.8) is 0 Å². The lowest BCUT2D eigenvalue weighted by Gasteiger charge is -2.25. The summed E-state index contributed by atoms with van der Waals surface area (Å²) in [4.78, 5) is 19.8. The molecule has 0 atom stereocenters. The number of aromatic amines is 1. The van der Waals surface area contributed by atoms with E-state index in [-0.39, 0.29) is 17.6 Å². The van der Waals surface area contributed by atoms with Crippen molar-refractivity contribution in [3.8, 4) is 0 Å². The molecular formula is C13H16N4OS. The molecule has 5 nitrogen and oxygen atoms in total. The number of carbonyl (C=O) groups excluding carboxylic acids is 1. The summed E-state index contributed by atoms with van der Waals surface area (Å²) in [6, 6.07) is 2.09. The van der Waals surface area contributed by atoms with E-state index in [0.717, 1.165) is 18.8 Å². The lowest BCUT2D eigenvalue weighted by Crippen LogP contribution is -2.36. The van der Waals surface area contributed by atoms with Crippen LogP contribution in [0, 0.1) is 0 Å². The predicted molar refractivity (Wildman–Crippen MR) is 73.2 cm³/mol. The van der Waals surface area contributed by atoms with E-state index < -0.39 is 0 Å². The first-order chi connectivity index (χ1) is 9.15. The number of carbonyl (C=O) groups is 1. The number of hydrogen-bond donors (Lipinski definition) is 1. The Morgan fingerprint density at radius 3 is 3.11 bits per heavy atom. The van der Waals surface area contributed by atoms with Gasteiger partial charge in [0.15, 0.2) is 0 Å². The predicted octanol–water partition coefficient (Wildman–Crippen LogP) is 2.19. The first kappa shape index (κ1) is 12.3. The molecule has 0 saturated heterocycles. The number of amides is 1. The van der Waals surface area contributed by atoms with Crippen LogP contribution in [0.1, 0.15) is 46.6 Å². The molecular weight excluding hydrogens is 260 g/mol. The second kappa shape index (κ2) is 4.77. The van der Waals surface area contributed by atoms with Gasteiger partial charge in [0.2, 0.25) is 5.82 Å². The van der Waals surface area contributed by atoms with E-state index in [1.807, 2.05) is 18.7 Å². The zero-order valence-corrected chi connectivity index (χ0v) is 11.8. The van der Waals surface area contributed by atoms with Crippen LogP contribution in [-0.2, 0) is 13.0 Å². The Hall–Kier alpha value is -1.69. The van der Waals surface area contributed by atoms with E-state index in [2.05, 4.69) is 26.6 Å². The molecule has 6 heteroatoms. The maximum absolute atomic E-state index is 12.4. The maximum Gasteiger partial charge on any atom is 0.293 e. The molecule has 0 unspecified atom stereocenters. The molecule has 0 bridgehead atoms. The summed E-state index contributed by atoms with van der Waals surface area (Å²) in [6.07, 6.45) is 0.931. The third-order valence-corrected chi connectivity index (χ3v) is 4.36. The first-order valence-electron chi connectivity index (χ1n) is 6.42. The third kappa shape index (κ3) is 2.28. The van der Waals surface area contributed by atoms with Gasteiger partial charge >= 0.3 is 0 Å². The van der Waals surface area contributed by atoms with Crippen LogP contribution in [0.15, 0.2) is 11.4 Å². The highest BCUT2D eigenvalue weighted by molar-refractivity contribution is 7.10. The molecule has 1 N–H and O–H groups in total. The lowest BCUT2D eigenvalue weighted by molar-refractivity contribution is 0.0724. The van der Waals surface area contributed by atoms with Crippen molar-refractivity contribution in [1.82, 2.24) is 20.1 Å². The molecule has 3 heterocycles. The van der Waals surface area contributed by atoms with Crippen LogP contribution in [0.25, 0.3) is 0 Å². The minimum Gasteiger partial charge on any atom is -0.331 e. The van der Waals surface area contributed by atoms with Crippen molar-refractivity contribution >= 4 is 17.2 Å². The molecule has 0 spiro atoms. The summed E-state index contributed by atoms with van der Waals surface area (Å²) in [5, 5.41) is 8.95. The minimum atomic E-state index is -0.0833. The van der Waals surface area contributed by atoms with Crippen molar-refractivity contribution in [2.45, 2.75) is 32.7 Å². The standard InChI is InChI=1S/C13H16N4OS/c1-8(2)11-14-12(16-15-11)13(18)17-5-3-10-9(7-17)4-6-19-10/h4,6,8H,3,5,7H2,1-2H3,(H,14,15,16). The normalized spacial score (nSPS) is 14.8. The maximum atomic E-state index is 12.4. The van der Waals surface area contributed by atoms with Gasteiger partial charge in [-0.05, 0) is 23.4 Å². The summed E-state index contributed by atoms with van der Waals surface area (Å²) in [6.45, 7) is 5.46. The van der Waals surface area contributed by atoms with E-state index in [0.29, 0.717) is 6.54 Å². The highest BCUT2D eigenvalue weighted by atomic mass is 32.1. The fraction of sp³-hybridized carbons (Fsp3) is 0.462. The smallest absolute Gasteiger partial charge is 0.293 e. The van der Waals surface area contributed by atoms with Gasteiger partial charge in [0.05, 0.1) is 0 Å². The Kier molecular flexibility index (Phi) is 3.10. The first-order valence-corrected chi connectivity index (χ1v) is 7.30. The van der Waals surface area contributed by atoms with E-state index >= 15 is 0 Å². The Morgan fingerprint density at radius 1 is 1.53 bits per heavy atom. The van der Waals surface area contributed by atoms with Gasteiger partial charge in [0.1, 0.15) is 5.82 Å². The zero-order chi connectivity index (χ0) is 13.4. The van der Waals surface area contributed by atoms with E-state index in [4.69, 9.17) is 0 Å². The molecule has 19 heavy (non-hydrogen) atoms. The summed E-state index contributed by atoms with van der Waals surface area (Å²) < 4.78 is 0. The molecule has 0 saturated carbocycles. The number of H-pyrrole nitrogens is 1. The molecule has 0 aliphatic carbocycles. The monoisotopic (exact) mass is 276 g/mol. The van der Waals surface area contributed by atoms with Gasteiger partial charge in [-0.1, -0.05) is 13.8 Å². The van der Waals surface area contributed by atoms with Gasteiger partial charge in [-0.2, -0.15) is 0 Å². The summed E-state index contributed by atoms with van der Waals surface area (Å²) in [7, 11) is 0. The highest BCUT2D eigenvalue weighted by Gasteiger charge is 2.25. The molecule has 100 valence electrons. The molecule has 0 aromatic carbocycles. The average Bonchev–Trinajstić information content (AvgIpc) is 3.06. The largest absolute Gasteiger partial charge is 0.331 e. The van der Waals surface area contributed by atoms with Crippen LogP contribution in [0.2, 0.25) is 0 Å². The van der Waals surface area contributed by atoms with E-state index in [1.165, 1.54) is 10.4 Å². The third-order valence-electron chi connectivity index (χ3n) is 3.34. The molecule has 2 aromatic heterocycles. The Bertz CT molecular complexity index is 601. The second-order valence-electron chi connectivity index (χ2n) is 5.04. The number of nitrogens with one attached hydrogen (secondary N) is 1. The average molecular weight is 276 g/mol. The summed E-state index contributed by atoms with van der Waals surface area (Å²) in [5.74, 6) is 1.21. The molecule has 1 aliphatic rings. The van der Waals surface area contributed by atoms with Crippen molar-refractivity contribution in [2.24, 2.45) is 0 Å². The Labute approximate surface area is 115 Å². The molecule has 1 amide bonds. The number of aromatic nitrogens is 3. The molecule has 2 aromatic rings. The van der Waals surface area contributed by atoms with Crippen LogP contribution in [0.4, 0.5) is 0 Å². The van der Waals surface area contributed by atoms with Crippen LogP contribution >= 0.6 is 11.3 Å². The van der Waals surface area contributed by atoms with Crippen LogP contribution in [0.5, 0.6) is 0 Å². The number of nitrogens with zero attached hydrogens (tertiary/aromatic N) is 3. The van der Waals surface area contributed by atoms with Crippen molar-refractivity contribution in [1.29, 1.82) is 0 Å². The van der Waals surface area contributed by atoms with Gasteiger partial charge in [0.25, 0.3) is 5.91 Å². The van der Waals surface area contributed by atoms with Crippen molar-refractivity contribution in [3.05, 3.63) is 33.5 Å². The van der Waals surface area contributed by atoms with Gasteiger partial charge in [-0.3, -0.25) is 9.89 Å². The van der Waals surface area contributed by atoms with Crippen LogP contribution in [0.3, 0.4) is 0 Å². The van der Waals surface area contributed by atoms with Gasteiger partial charge in [0, 0.05) is 23.9 Å². The van der Waals surface area contributed by atoms with Crippen molar-refractivity contribution in [2.75, 3.05) is 6.54 Å². The van der Waals surface area contributed by atoms with Crippen LogP contribution < -0.4 is 0 Å². The quantitative estimate of drug-likeness (QED) is 0.914.